The number of ether oxygens (including phenoxy) is 1. The van der Waals surface area contributed by atoms with Crippen molar-refractivity contribution in [2.45, 2.75) is 57.9 Å². The summed E-state index contributed by atoms with van der Waals surface area (Å²) in [5, 5.41) is 21.6. The fraction of sp³-hybridized carbons (Fsp3) is 0.588. The molecule has 2 atom stereocenters. The van der Waals surface area contributed by atoms with Crippen LogP contribution < -0.4 is 0 Å². The molecular formula is C17H24N2O5. The fourth-order valence-corrected chi connectivity index (χ4v) is 2.96. The normalized spacial score (nSPS) is 20.0. The first kappa shape index (κ1) is 18.2. The van der Waals surface area contributed by atoms with Gasteiger partial charge in [0.05, 0.1) is 6.04 Å². The number of amides is 1. The van der Waals surface area contributed by atoms with E-state index in [4.69, 9.17) is 4.74 Å². The summed E-state index contributed by atoms with van der Waals surface area (Å²) in [6.07, 6.45) is -0.235. The third-order valence-corrected chi connectivity index (χ3v) is 4.04. The number of aliphatic hydroxyl groups is 1. The number of fused-ring (bicyclic) bond motifs is 1. The van der Waals surface area contributed by atoms with E-state index in [9.17, 15) is 20.0 Å². The van der Waals surface area contributed by atoms with E-state index in [1.807, 2.05) is 24.3 Å². The van der Waals surface area contributed by atoms with Crippen molar-refractivity contribution in [3.63, 3.8) is 0 Å². The second-order valence-electron chi connectivity index (χ2n) is 7.44. The molecule has 1 aromatic carbocycles. The summed E-state index contributed by atoms with van der Waals surface area (Å²) in [7, 11) is 0. The minimum Gasteiger partial charge on any atom is -0.444 e. The molecule has 0 spiro atoms. The monoisotopic (exact) mass is 336 g/mol. The molecule has 7 nitrogen and oxygen atoms in total. The van der Waals surface area contributed by atoms with Crippen molar-refractivity contribution in [3.05, 3.63) is 45.5 Å². The molecule has 0 fully saturated rings. The maximum Gasteiger partial charge on any atom is 0.410 e. The zero-order valence-corrected chi connectivity index (χ0v) is 14.5. The van der Waals surface area contributed by atoms with E-state index in [1.165, 1.54) is 11.8 Å². The lowest BCUT2D eigenvalue weighted by molar-refractivity contribution is -0.501. The first-order valence-electron chi connectivity index (χ1n) is 7.90. The van der Waals surface area contributed by atoms with Gasteiger partial charge in [0.25, 0.3) is 0 Å². The first-order chi connectivity index (χ1) is 11.0. The maximum absolute atomic E-state index is 12.6. The van der Waals surface area contributed by atoms with E-state index < -0.39 is 34.8 Å². The number of hydrogen-bond donors (Lipinski definition) is 1. The van der Waals surface area contributed by atoms with Crippen LogP contribution in [0.4, 0.5) is 4.79 Å². The van der Waals surface area contributed by atoms with E-state index in [2.05, 4.69) is 0 Å². The average Bonchev–Trinajstić information content (AvgIpc) is 2.42. The third kappa shape index (κ3) is 4.23. The summed E-state index contributed by atoms with van der Waals surface area (Å²) < 4.78 is 5.43. The van der Waals surface area contributed by atoms with Crippen LogP contribution in [0.25, 0.3) is 0 Å². The van der Waals surface area contributed by atoms with Gasteiger partial charge in [-0.15, -0.1) is 0 Å². The molecule has 1 N–H and O–H groups in total. The van der Waals surface area contributed by atoms with Crippen LogP contribution in [0, 0.1) is 10.1 Å². The topological polar surface area (TPSA) is 92.9 Å². The predicted molar refractivity (Wildman–Crippen MR) is 88.2 cm³/mol. The molecule has 1 aliphatic rings. The molecule has 0 unspecified atom stereocenters. The van der Waals surface area contributed by atoms with Crippen LogP contribution in [-0.2, 0) is 17.7 Å². The number of carbonyl (C=O) groups excluding carboxylic acids is 1. The molecule has 0 saturated carbocycles. The van der Waals surface area contributed by atoms with E-state index in [-0.39, 0.29) is 6.54 Å². The van der Waals surface area contributed by atoms with Gasteiger partial charge >= 0.3 is 6.09 Å². The molecule has 2 rings (SSSR count). The Labute approximate surface area is 141 Å². The largest absolute Gasteiger partial charge is 0.444 e. The van der Waals surface area contributed by atoms with Gasteiger partial charge in [-0.1, -0.05) is 24.3 Å². The summed E-state index contributed by atoms with van der Waals surface area (Å²) >= 11 is 0. The highest BCUT2D eigenvalue weighted by Gasteiger charge is 2.45. The molecular weight excluding hydrogens is 312 g/mol. The van der Waals surface area contributed by atoms with E-state index >= 15 is 0 Å². The van der Waals surface area contributed by atoms with Crippen molar-refractivity contribution in [3.8, 4) is 0 Å². The molecule has 0 radical (unpaired) electrons. The van der Waals surface area contributed by atoms with Gasteiger partial charge in [-0.2, -0.15) is 0 Å². The highest BCUT2D eigenvalue weighted by atomic mass is 16.6. The van der Waals surface area contributed by atoms with Crippen LogP contribution in [-0.4, -0.2) is 44.8 Å². The Bertz CT molecular complexity index is 636. The van der Waals surface area contributed by atoms with E-state index in [0.29, 0.717) is 6.42 Å². The third-order valence-electron chi connectivity index (χ3n) is 4.04. The quantitative estimate of drug-likeness (QED) is 0.676. The molecule has 1 aliphatic heterocycles. The van der Waals surface area contributed by atoms with Gasteiger partial charge in [-0.25, -0.2) is 4.79 Å². The highest BCUT2D eigenvalue weighted by Crippen LogP contribution is 2.31. The number of nitro groups is 1. The zero-order chi connectivity index (χ0) is 18.1. The Morgan fingerprint density at radius 1 is 1.33 bits per heavy atom. The molecule has 1 amide bonds. The van der Waals surface area contributed by atoms with Crippen molar-refractivity contribution in [1.29, 1.82) is 0 Å². The summed E-state index contributed by atoms with van der Waals surface area (Å²) in [6.45, 7) is 6.28. The van der Waals surface area contributed by atoms with Gasteiger partial charge in [0, 0.05) is 11.5 Å². The predicted octanol–water partition coefficient (Wildman–Crippen LogP) is 2.38. The van der Waals surface area contributed by atoms with Crippen molar-refractivity contribution in [2.75, 3.05) is 6.54 Å². The lowest BCUT2D eigenvalue weighted by Crippen LogP contribution is -2.59. The molecule has 0 aromatic heterocycles. The summed E-state index contributed by atoms with van der Waals surface area (Å²) in [4.78, 5) is 24.3. The standard InChI is InChI=1S/C17H24N2O5/c1-16(2,3)24-15(20)18-10-13-8-6-5-7-12(13)9-14(18)17(4,21)11-19(22)23/h5-8,14,21H,9-11H2,1-4H3/t14-,17-/m1/s1. The van der Waals surface area contributed by atoms with Gasteiger partial charge in [-0.3, -0.25) is 15.0 Å². The molecule has 0 saturated heterocycles. The Morgan fingerprint density at radius 2 is 1.92 bits per heavy atom. The Balaban J connectivity index is 2.36. The van der Waals surface area contributed by atoms with Crippen LogP contribution in [0.3, 0.4) is 0 Å². The average molecular weight is 336 g/mol. The van der Waals surface area contributed by atoms with Crippen LogP contribution in [0.5, 0.6) is 0 Å². The lowest BCUT2D eigenvalue weighted by atomic mass is 9.84. The van der Waals surface area contributed by atoms with Gasteiger partial charge in [0.2, 0.25) is 6.54 Å². The molecule has 132 valence electrons. The minimum absolute atomic E-state index is 0.254. The van der Waals surface area contributed by atoms with Gasteiger partial charge in [0.1, 0.15) is 11.2 Å². The molecule has 7 heteroatoms. The second-order valence-corrected chi connectivity index (χ2v) is 7.44. The summed E-state index contributed by atoms with van der Waals surface area (Å²) in [6, 6.07) is 6.85. The highest BCUT2D eigenvalue weighted by molar-refractivity contribution is 5.69. The van der Waals surface area contributed by atoms with Crippen LogP contribution in [0.2, 0.25) is 0 Å². The van der Waals surface area contributed by atoms with Crippen molar-refractivity contribution < 1.29 is 19.6 Å². The smallest absolute Gasteiger partial charge is 0.410 e. The SMILES string of the molecule is CC(C)(C)OC(=O)N1Cc2ccccc2C[C@@H]1[C@](C)(O)C[N+](=O)[O-]. The molecule has 24 heavy (non-hydrogen) atoms. The summed E-state index contributed by atoms with van der Waals surface area (Å²) in [5.41, 5.74) is -0.413. The Kier molecular flexibility index (Phi) is 4.85. The first-order valence-corrected chi connectivity index (χ1v) is 7.90. The van der Waals surface area contributed by atoms with E-state index in [1.54, 1.807) is 20.8 Å². The molecule has 1 aromatic rings. The molecule has 1 heterocycles. The van der Waals surface area contributed by atoms with Gasteiger partial charge in [0.15, 0.2) is 0 Å². The Morgan fingerprint density at radius 3 is 2.46 bits per heavy atom. The molecule has 0 aliphatic carbocycles. The van der Waals surface area contributed by atoms with Crippen molar-refractivity contribution in [2.24, 2.45) is 0 Å². The second kappa shape index (κ2) is 6.39. The maximum atomic E-state index is 12.6. The zero-order valence-electron chi connectivity index (χ0n) is 14.5. The molecule has 0 bridgehead atoms. The van der Waals surface area contributed by atoms with Crippen LogP contribution >= 0.6 is 0 Å². The number of benzene rings is 1. The number of nitrogens with zero attached hydrogens (tertiary/aromatic N) is 2. The summed E-state index contributed by atoms with van der Waals surface area (Å²) in [5.74, 6) is 0. The van der Waals surface area contributed by atoms with E-state index in [0.717, 1.165) is 11.1 Å². The fourth-order valence-electron chi connectivity index (χ4n) is 2.96. The van der Waals surface area contributed by atoms with Gasteiger partial charge < -0.3 is 9.84 Å². The Hall–Kier alpha value is -2.15. The number of hydrogen-bond acceptors (Lipinski definition) is 5. The van der Waals surface area contributed by atoms with Crippen LogP contribution in [0.1, 0.15) is 38.8 Å². The number of rotatable bonds is 3. The van der Waals surface area contributed by atoms with Gasteiger partial charge in [-0.05, 0) is 45.2 Å². The lowest BCUT2D eigenvalue weighted by Gasteiger charge is -2.42. The van der Waals surface area contributed by atoms with Crippen molar-refractivity contribution >= 4 is 6.09 Å². The minimum atomic E-state index is -1.66. The van der Waals surface area contributed by atoms with Crippen LogP contribution in [0.15, 0.2) is 24.3 Å². The van der Waals surface area contributed by atoms with Crippen molar-refractivity contribution in [1.82, 2.24) is 4.90 Å². The number of carbonyl (C=O) groups is 1.